The van der Waals surface area contributed by atoms with Crippen LogP contribution in [0.2, 0.25) is 0 Å². The minimum absolute atomic E-state index is 0.0825. The van der Waals surface area contributed by atoms with Crippen LogP contribution in [0.3, 0.4) is 0 Å². The van der Waals surface area contributed by atoms with Gasteiger partial charge in [-0.2, -0.15) is 0 Å². The number of methoxy groups -OCH3 is 1. The van der Waals surface area contributed by atoms with Crippen molar-refractivity contribution in [2.75, 3.05) is 7.11 Å². The number of aryl methyl sites for hydroxylation is 2. The molecule has 0 amide bonds. The lowest BCUT2D eigenvalue weighted by Gasteiger charge is -2.16. The van der Waals surface area contributed by atoms with Crippen LogP contribution in [0.5, 0.6) is 0 Å². The first kappa shape index (κ1) is 17.4. The zero-order chi connectivity index (χ0) is 16.8. The summed E-state index contributed by atoms with van der Waals surface area (Å²) in [6.07, 6.45) is -0.134. The summed E-state index contributed by atoms with van der Waals surface area (Å²) in [6, 6.07) is 12.4. The molecule has 0 aliphatic heterocycles. The number of hydrogen-bond donors (Lipinski definition) is 2. The summed E-state index contributed by atoms with van der Waals surface area (Å²) in [5.41, 5.74) is 2.43. The second-order valence-corrected chi connectivity index (χ2v) is 5.94. The van der Waals surface area contributed by atoms with Crippen molar-refractivity contribution in [1.29, 1.82) is 0 Å². The van der Waals surface area contributed by atoms with Crippen LogP contribution in [-0.4, -0.2) is 35.5 Å². The van der Waals surface area contributed by atoms with Crippen LogP contribution in [0.1, 0.15) is 30.4 Å². The zero-order valence-electron chi connectivity index (χ0n) is 13.7. The van der Waals surface area contributed by atoms with Crippen LogP contribution >= 0.6 is 0 Å². The molecule has 2 atom stereocenters. The summed E-state index contributed by atoms with van der Waals surface area (Å²) >= 11 is 0. The Bertz CT molecular complexity index is 665. The summed E-state index contributed by atoms with van der Waals surface area (Å²) in [5.74, 6) is -0.463. The van der Waals surface area contributed by atoms with E-state index in [1.54, 1.807) is 0 Å². The lowest BCUT2D eigenvalue weighted by Crippen LogP contribution is -2.21. The van der Waals surface area contributed by atoms with E-state index in [1.807, 2.05) is 12.1 Å². The smallest absolute Gasteiger partial charge is 0.308 e. The van der Waals surface area contributed by atoms with Crippen LogP contribution in [0.15, 0.2) is 36.4 Å². The summed E-state index contributed by atoms with van der Waals surface area (Å²) in [4.78, 5) is 11.1. The van der Waals surface area contributed by atoms with E-state index in [4.69, 9.17) is 0 Å². The summed E-state index contributed by atoms with van der Waals surface area (Å²) < 4.78 is 4.52. The van der Waals surface area contributed by atoms with Crippen molar-refractivity contribution in [2.45, 2.75) is 44.8 Å². The molecule has 23 heavy (non-hydrogen) atoms. The lowest BCUT2D eigenvalue weighted by atomic mass is 9.94. The topological polar surface area (TPSA) is 66.8 Å². The normalized spacial score (nSPS) is 13.7. The van der Waals surface area contributed by atoms with Gasteiger partial charge in [0, 0.05) is 0 Å². The van der Waals surface area contributed by atoms with Crippen LogP contribution < -0.4 is 0 Å². The molecule has 0 fully saturated rings. The quantitative estimate of drug-likeness (QED) is 0.771. The van der Waals surface area contributed by atoms with Crippen molar-refractivity contribution in [2.24, 2.45) is 0 Å². The summed E-state index contributed by atoms with van der Waals surface area (Å²) in [7, 11) is 1.29. The van der Waals surface area contributed by atoms with E-state index in [-0.39, 0.29) is 12.8 Å². The molecule has 0 saturated heterocycles. The van der Waals surface area contributed by atoms with Gasteiger partial charge in [0.2, 0.25) is 0 Å². The van der Waals surface area contributed by atoms with Crippen molar-refractivity contribution in [1.82, 2.24) is 0 Å². The van der Waals surface area contributed by atoms with Crippen molar-refractivity contribution in [3.8, 4) is 0 Å². The van der Waals surface area contributed by atoms with E-state index < -0.39 is 18.2 Å². The number of esters is 1. The first-order valence-corrected chi connectivity index (χ1v) is 7.91. The molecule has 2 aromatic carbocycles. The Morgan fingerprint density at radius 1 is 1.13 bits per heavy atom. The third-order valence-electron chi connectivity index (χ3n) is 4.18. The predicted molar refractivity (Wildman–Crippen MR) is 90.3 cm³/mol. The molecule has 0 aliphatic carbocycles. The molecule has 0 heterocycles. The molecule has 4 nitrogen and oxygen atoms in total. The monoisotopic (exact) mass is 316 g/mol. The fourth-order valence-electron chi connectivity index (χ4n) is 2.88. The van der Waals surface area contributed by atoms with Crippen molar-refractivity contribution in [3.05, 3.63) is 47.5 Å². The molecule has 0 radical (unpaired) electrons. The standard InChI is InChI=1S/C19H24O4/c1-13-7-8-14-5-3-4-6-18(14)17(13)10-9-15(20)11-16(21)12-19(22)23-2/h3-8,15-16,20-21H,9-12H2,1-2H3/t15-,16-/m0/s1. The fourth-order valence-corrected chi connectivity index (χ4v) is 2.88. The minimum atomic E-state index is -0.869. The molecule has 0 aliphatic rings. The molecule has 2 rings (SSSR count). The van der Waals surface area contributed by atoms with Gasteiger partial charge in [-0.05, 0) is 48.1 Å². The molecule has 0 aromatic heterocycles. The van der Waals surface area contributed by atoms with Crippen LogP contribution in [-0.2, 0) is 16.0 Å². The maximum absolute atomic E-state index is 11.1. The van der Waals surface area contributed by atoms with Gasteiger partial charge in [-0.3, -0.25) is 4.79 Å². The lowest BCUT2D eigenvalue weighted by molar-refractivity contribution is -0.143. The molecule has 2 aromatic rings. The Hall–Kier alpha value is -1.91. The highest BCUT2D eigenvalue weighted by Crippen LogP contribution is 2.24. The summed E-state index contributed by atoms with van der Waals surface area (Å²) in [6.45, 7) is 2.07. The number of ether oxygens (including phenoxy) is 1. The molecule has 0 unspecified atom stereocenters. The molecule has 2 N–H and O–H groups in total. The zero-order valence-corrected chi connectivity index (χ0v) is 13.7. The Morgan fingerprint density at radius 3 is 2.61 bits per heavy atom. The Balaban J connectivity index is 1.98. The Morgan fingerprint density at radius 2 is 1.87 bits per heavy atom. The molecule has 124 valence electrons. The van der Waals surface area contributed by atoms with Crippen LogP contribution in [0.4, 0.5) is 0 Å². The molecule has 0 saturated carbocycles. The highest BCUT2D eigenvalue weighted by molar-refractivity contribution is 5.86. The minimum Gasteiger partial charge on any atom is -0.469 e. The SMILES string of the molecule is COC(=O)C[C@@H](O)C[C@@H](O)CCc1c(C)ccc2ccccc12. The van der Waals surface area contributed by atoms with E-state index >= 15 is 0 Å². The number of aliphatic hydroxyl groups excluding tert-OH is 2. The van der Waals surface area contributed by atoms with Gasteiger partial charge in [-0.25, -0.2) is 0 Å². The number of carbonyl (C=O) groups excluding carboxylic acids is 1. The molecular formula is C19H24O4. The van der Waals surface area contributed by atoms with Gasteiger partial charge in [-0.15, -0.1) is 0 Å². The maximum atomic E-state index is 11.1. The van der Waals surface area contributed by atoms with E-state index in [2.05, 4.69) is 35.9 Å². The van der Waals surface area contributed by atoms with Crippen molar-refractivity contribution in [3.63, 3.8) is 0 Å². The van der Waals surface area contributed by atoms with Gasteiger partial charge in [0.25, 0.3) is 0 Å². The van der Waals surface area contributed by atoms with Gasteiger partial charge in [0.15, 0.2) is 0 Å². The highest BCUT2D eigenvalue weighted by atomic mass is 16.5. The first-order valence-electron chi connectivity index (χ1n) is 7.91. The first-order chi connectivity index (χ1) is 11.0. The highest BCUT2D eigenvalue weighted by Gasteiger charge is 2.16. The van der Waals surface area contributed by atoms with Crippen LogP contribution in [0, 0.1) is 6.92 Å². The van der Waals surface area contributed by atoms with Crippen molar-refractivity contribution < 1.29 is 19.7 Å². The molecule has 4 heteroatoms. The van der Waals surface area contributed by atoms with E-state index in [1.165, 1.54) is 29.0 Å². The second kappa shape index (κ2) is 8.09. The number of hydrogen-bond acceptors (Lipinski definition) is 4. The van der Waals surface area contributed by atoms with E-state index in [0.29, 0.717) is 6.42 Å². The van der Waals surface area contributed by atoms with Gasteiger partial charge < -0.3 is 14.9 Å². The predicted octanol–water partition coefficient (Wildman–Crippen LogP) is 2.76. The fraction of sp³-hybridized carbons (Fsp3) is 0.421. The summed E-state index contributed by atoms with van der Waals surface area (Å²) in [5, 5.41) is 22.3. The Labute approximate surface area is 136 Å². The number of fused-ring (bicyclic) bond motifs is 1. The van der Waals surface area contributed by atoms with Gasteiger partial charge in [0.1, 0.15) is 0 Å². The number of rotatable bonds is 7. The van der Waals surface area contributed by atoms with Gasteiger partial charge >= 0.3 is 5.97 Å². The molecule has 0 bridgehead atoms. The third kappa shape index (κ3) is 4.78. The number of carbonyl (C=O) groups is 1. The van der Waals surface area contributed by atoms with E-state index in [9.17, 15) is 15.0 Å². The average Bonchev–Trinajstić information content (AvgIpc) is 2.53. The maximum Gasteiger partial charge on any atom is 0.308 e. The van der Waals surface area contributed by atoms with E-state index in [0.717, 1.165) is 6.42 Å². The number of aliphatic hydroxyl groups is 2. The number of benzene rings is 2. The Kier molecular flexibility index (Phi) is 6.13. The third-order valence-corrected chi connectivity index (χ3v) is 4.18. The second-order valence-electron chi connectivity index (χ2n) is 5.94. The van der Waals surface area contributed by atoms with Crippen LogP contribution in [0.25, 0.3) is 10.8 Å². The van der Waals surface area contributed by atoms with Crippen molar-refractivity contribution >= 4 is 16.7 Å². The average molecular weight is 316 g/mol. The van der Waals surface area contributed by atoms with Gasteiger partial charge in [0.05, 0.1) is 25.7 Å². The largest absolute Gasteiger partial charge is 0.469 e. The molecule has 0 spiro atoms. The molecular weight excluding hydrogens is 292 g/mol. The van der Waals surface area contributed by atoms with Gasteiger partial charge in [-0.1, -0.05) is 36.4 Å².